The van der Waals surface area contributed by atoms with E-state index in [9.17, 15) is 20.0 Å². The molecule has 130 valence electrons. The average molecular weight is 343 g/mol. The van der Waals surface area contributed by atoms with E-state index in [2.05, 4.69) is 10.5 Å². The van der Waals surface area contributed by atoms with E-state index in [1.807, 2.05) is 19.9 Å². The van der Waals surface area contributed by atoms with Gasteiger partial charge < -0.3 is 9.84 Å². The molecular formula is C17H17N3O5. The molecule has 0 saturated heterocycles. The van der Waals surface area contributed by atoms with Crippen LogP contribution in [0.15, 0.2) is 41.5 Å². The van der Waals surface area contributed by atoms with Gasteiger partial charge in [-0.3, -0.25) is 14.9 Å². The smallest absolute Gasteiger partial charge is 0.278 e. The third kappa shape index (κ3) is 5.31. The van der Waals surface area contributed by atoms with Crippen LogP contribution in [-0.4, -0.2) is 28.8 Å². The van der Waals surface area contributed by atoms with Crippen LogP contribution in [0.1, 0.15) is 16.7 Å². The molecule has 0 aliphatic rings. The quantitative estimate of drug-likeness (QED) is 0.475. The number of hydrogen-bond acceptors (Lipinski definition) is 6. The number of carbonyl (C=O) groups is 1. The summed E-state index contributed by atoms with van der Waals surface area (Å²) in [6.45, 7) is 3.60. The lowest BCUT2D eigenvalue weighted by molar-refractivity contribution is -0.385. The second-order valence-corrected chi connectivity index (χ2v) is 5.41. The monoisotopic (exact) mass is 343 g/mol. The standard InChI is InChI=1S/C17H17N3O5/c1-11-5-12(2)7-15(6-11)25-10-17(22)19-18-9-13-8-14(21)3-4-16(13)20(23)24/h3-9,21H,10H2,1-2H3,(H,19,22)/b18-9+. The summed E-state index contributed by atoms with van der Waals surface area (Å²) in [7, 11) is 0. The van der Waals surface area contributed by atoms with Gasteiger partial charge in [-0.1, -0.05) is 6.07 Å². The fourth-order valence-electron chi connectivity index (χ4n) is 2.18. The first-order chi connectivity index (χ1) is 11.8. The van der Waals surface area contributed by atoms with Gasteiger partial charge in [0.1, 0.15) is 11.5 Å². The van der Waals surface area contributed by atoms with Gasteiger partial charge in [0.15, 0.2) is 6.61 Å². The number of phenols is 1. The van der Waals surface area contributed by atoms with Gasteiger partial charge in [0, 0.05) is 6.07 Å². The van der Waals surface area contributed by atoms with Crippen LogP contribution in [0.4, 0.5) is 5.69 Å². The topological polar surface area (TPSA) is 114 Å². The molecule has 8 nitrogen and oxygen atoms in total. The number of nitro benzene ring substituents is 1. The Bertz CT molecular complexity index is 813. The van der Waals surface area contributed by atoms with E-state index in [1.165, 1.54) is 12.1 Å². The van der Waals surface area contributed by atoms with E-state index in [-0.39, 0.29) is 23.6 Å². The number of rotatable bonds is 6. The molecule has 0 fully saturated rings. The van der Waals surface area contributed by atoms with Crippen LogP contribution in [0, 0.1) is 24.0 Å². The molecule has 2 aromatic carbocycles. The lowest BCUT2D eigenvalue weighted by Crippen LogP contribution is -2.24. The highest BCUT2D eigenvalue weighted by molar-refractivity contribution is 5.87. The van der Waals surface area contributed by atoms with Gasteiger partial charge in [0.05, 0.1) is 16.7 Å². The summed E-state index contributed by atoms with van der Waals surface area (Å²) < 4.78 is 5.38. The molecule has 25 heavy (non-hydrogen) atoms. The first kappa shape index (κ1) is 17.9. The maximum absolute atomic E-state index is 11.7. The highest BCUT2D eigenvalue weighted by atomic mass is 16.6. The molecule has 1 amide bonds. The van der Waals surface area contributed by atoms with Crippen molar-refractivity contribution in [1.82, 2.24) is 5.43 Å². The molecule has 2 rings (SSSR count). The van der Waals surface area contributed by atoms with Crippen molar-refractivity contribution in [1.29, 1.82) is 0 Å². The van der Waals surface area contributed by atoms with Crippen molar-refractivity contribution in [3.05, 3.63) is 63.2 Å². The predicted molar refractivity (Wildman–Crippen MR) is 91.9 cm³/mol. The molecule has 0 spiro atoms. The predicted octanol–water partition coefficient (Wildman–Crippen LogP) is 2.45. The largest absolute Gasteiger partial charge is 0.508 e. The fourth-order valence-corrected chi connectivity index (χ4v) is 2.18. The molecule has 2 aromatic rings. The van der Waals surface area contributed by atoms with Crippen LogP contribution < -0.4 is 10.2 Å². The third-order valence-electron chi connectivity index (χ3n) is 3.17. The first-order valence-electron chi connectivity index (χ1n) is 7.35. The zero-order valence-electron chi connectivity index (χ0n) is 13.7. The summed E-state index contributed by atoms with van der Waals surface area (Å²) in [5.74, 6) is -0.0880. The number of benzene rings is 2. The first-order valence-corrected chi connectivity index (χ1v) is 7.35. The number of aryl methyl sites for hydroxylation is 2. The van der Waals surface area contributed by atoms with Gasteiger partial charge >= 0.3 is 0 Å². The second-order valence-electron chi connectivity index (χ2n) is 5.41. The minimum Gasteiger partial charge on any atom is -0.508 e. The van der Waals surface area contributed by atoms with Crippen LogP contribution in [0.25, 0.3) is 0 Å². The lowest BCUT2D eigenvalue weighted by atomic mass is 10.1. The Kier molecular flexibility index (Phi) is 5.67. The molecule has 8 heteroatoms. The Balaban J connectivity index is 1.95. The minimum absolute atomic E-state index is 0.0699. The molecule has 0 atom stereocenters. The molecule has 0 aromatic heterocycles. The van der Waals surface area contributed by atoms with Crippen LogP contribution in [-0.2, 0) is 4.79 Å². The number of phenolic OH excluding ortho intramolecular Hbond substituents is 1. The van der Waals surface area contributed by atoms with Crippen molar-refractivity contribution in [3.8, 4) is 11.5 Å². The zero-order chi connectivity index (χ0) is 18.4. The number of nitro groups is 1. The summed E-state index contributed by atoms with van der Waals surface area (Å²) >= 11 is 0. The van der Waals surface area contributed by atoms with Crippen molar-refractivity contribution >= 4 is 17.8 Å². The van der Waals surface area contributed by atoms with Crippen LogP contribution in [0.2, 0.25) is 0 Å². The van der Waals surface area contributed by atoms with Crippen LogP contribution >= 0.6 is 0 Å². The number of hydrogen-bond donors (Lipinski definition) is 2. The SMILES string of the molecule is Cc1cc(C)cc(OCC(=O)N/N=C/c2cc(O)ccc2[N+](=O)[O-])c1. The Morgan fingerprint density at radius 1 is 1.28 bits per heavy atom. The van der Waals surface area contributed by atoms with E-state index < -0.39 is 10.8 Å². The number of nitrogens with one attached hydrogen (secondary N) is 1. The third-order valence-corrected chi connectivity index (χ3v) is 3.17. The van der Waals surface area contributed by atoms with Crippen LogP contribution in [0.5, 0.6) is 11.5 Å². The van der Waals surface area contributed by atoms with E-state index >= 15 is 0 Å². The summed E-state index contributed by atoms with van der Waals surface area (Å²) in [4.78, 5) is 22.0. The van der Waals surface area contributed by atoms with Crippen molar-refractivity contribution in [2.24, 2.45) is 5.10 Å². The van der Waals surface area contributed by atoms with Gasteiger partial charge in [0.2, 0.25) is 0 Å². The van der Waals surface area contributed by atoms with Crippen LogP contribution in [0.3, 0.4) is 0 Å². The Morgan fingerprint density at radius 2 is 1.96 bits per heavy atom. The van der Waals surface area contributed by atoms with E-state index in [1.54, 1.807) is 12.1 Å². The summed E-state index contributed by atoms with van der Waals surface area (Å²) in [5.41, 5.74) is 4.09. The van der Waals surface area contributed by atoms with E-state index in [0.717, 1.165) is 23.4 Å². The Labute approximate surface area is 143 Å². The van der Waals surface area contributed by atoms with Crippen molar-refractivity contribution < 1.29 is 19.6 Å². The molecule has 0 unspecified atom stereocenters. The minimum atomic E-state index is -0.605. The number of amides is 1. The number of carbonyl (C=O) groups excluding carboxylic acids is 1. The molecule has 0 bridgehead atoms. The molecule has 2 N–H and O–H groups in total. The molecule has 0 saturated carbocycles. The zero-order valence-corrected chi connectivity index (χ0v) is 13.7. The van der Waals surface area contributed by atoms with E-state index in [4.69, 9.17) is 4.74 Å². The van der Waals surface area contributed by atoms with Gasteiger partial charge in [-0.25, -0.2) is 5.43 Å². The number of aromatic hydroxyl groups is 1. The molecule has 0 radical (unpaired) electrons. The van der Waals surface area contributed by atoms with Gasteiger partial charge in [-0.2, -0.15) is 5.10 Å². The highest BCUT2D eigenvalue weighted by Gasteiger charge is 2.12. The molecular weight excluding hydrogens is 326 g/mol. The number of nitrogens with zero attached hydrogens (tertiary/aromatic N) is 2. The maximum Gasteiger partial charge on any atom is 0.278 e. The average Bonchev–Trinajstić information content (AvgIpc) is 2.52. The second kappa shape index (κ2) is 7.91. The molecule has 0 aliphatic heterocycles. The number of hydrazone groups is 1. The fraction of sp³-hybridized carbons (Fsp3) is 0.176. The normalized spacial score (nSPS) is 10.6. The van der Waals surface area contributed by atoms with Gasteiger partial charge in [-0.05, 0) is 49.2 Å². The summed E-state index contributed by atoms with van der Waals surface area (Å²) in [6.07, 6.45) is 1.09. The van der Waals surface area contributed by atoms with Crippen molar-refractivity contribution in [3.63, 3.8) is 0 Å². The van der Waals surface area contributed by atoms with Gasteiger partial charge in [-0.15, -0.1) is 0 Å². The van der Waals surface area contributed by atoms with Crippen molar-refractivity contribution in [2.75, 3.05) is 6.61 Å². The summed E-state index contributed by atoms with van der Waals surface area (Å²) in [6, 6.07) is 9.13. The Morgan fingerprint density at radius 3 is 2.60 bits per heavy atom. The highest BCUT2D eigenvalue weighted by Crippen LogP contribution is 2.21. The Hall–Kier alpha value is -3.42. The van der Waals surface area contributed by atoms with E-state index in [0.29, 0.717) is 5.75 Å². The summed E-state index contributed by atoms with van der Waals surface area (Å²) in [5, 5.41) is 23.9. The molecule has 0 heterocycles. The number of ether oxygens (including phenoxy) is 1. The lowest BCUT2D eigenvalue weighted by Gasteiger charge is -2.07. The maximum atomic E-state index is 11.7. The van der Waals surface area contributed by atoms with Gasteiger partial charge in [0.25, 0.3) is 11.6 Å². The molecule has 0 aliphatic carbocycles. The van der Waals surface area contributed by atoms with Crippen molar-refractivity contribution in [2.45, 2.75) is 13.8 Å².